The van der Waals surface area contributed by atoms with E-state index in [0.29, 0.717) is 5.06 Å². The van der Waals surface area contributed by atoms with Gasteiger partial charge in [0, 0.05) is 44.7 Å². The average molecular weight is 1030 g/mol. The second kappa shape index (κ2) is 22.4. The molecule has 2 aliphatic carbocycles. The summed E-state index contributed by atoms with van der Waals surface area (Å²) in [6.07, 6.45) is 2.74. The third-order valence-corrected chi connectivity index (χ3v) is 12.9. The molecule has 1 aliphatic heterocycles. The van der Waals surface area contributed by atoms with Gasteiger partial charge in [0.15, 0.2) is 0 Å². The molecule has 76 heavy (non-hydrogen) atoms. The lowest BCUT2D eigenvalue weighted by Crippen LogP contribution is -2.47. The van der Waals surface area contributed by atoms with Crippen LogP contribution in [0.25, 0.3) is 22.3 Å². The summed E-state index contributed by atoms with van der Waals surface area (Å²) >= 11 is 0. The largest absolute Gasteiger partial charge is 0.458 e. The van der Waals surface area contributed by atoms with Crippen molar-refractivity contribution in [2.24, 2.45) is 0 Å². The average Bonchev–Trinajstić information content (AvgIpc) is 3.99. The molecule has 392 valence electrons. The standard InChI is InChI=1S/C32H30N2O8.C27H29N3O4/c1-32(2,3)41-30(38)26(17-27(35)42-34-28(36)23-15-9-10-16-24(23)29(34)37)33(4)31(39)40-18-25-21-13-7-5-11-19(21)20-12-6-8-14-22(20)25;1-27(2,3)34-25(31)24(13-18-14-28-17-29-15-18)30(4)26(32)33-16-23-21-11-7-5-9-19(21)20-10-6-8-12-22(20)23/h5-16,25-26H,17-18H2,1-4H3;5-12,14-15,17,23-24H,13,16H2,1-4H3/t26-;24-/m00/s1. The molecule has 17 heteroatoms. The van der Waals surface area contributed by atoms with E-state index in [1.807, 2.05) is 72.8 Å². The fourth-order valence-corrected chi connectivity index (χ4v) is 9.35. The number of esters is 2. The Hall–Kier alpha value is -8.73. The van der Waals surface area contributed by atoms with Crippen LogP contribution in [0, 0.1) is 0 Å². The number of amides is 4. The van der Waals surface area contributed by atoms with Crippen molar-refractivity contribution >= 4 is 41.9 Å². The maximum Gasteiger partial charge on any atom is 0.410 e. The van der Waals surface area contributed by atoms with Gasteiger partial charge < -0.3 is 23.8 Å². The molecular weight excluding hydrogens is 971 g/mol. The third kappa shape index (κ3) is 11.9. The molecule has 5 aromatic carbocycles. The Labute approximate surface area is 440 Å². The van der Waals surface area contributed by atoms with Gasteiger partial charge in [0.05, 0.1) is 17.5 Å². The highest BCUT2D eigenvalue weighted by atomic mass is 16.7. The number of fused-ring (bicyclic) bond motifs is 7. The van der Waals surface area contributed by atoms with Crippen LogP contribution in [0.2, 0.25) is 0 Å². The van der Waals surface area contributed by atoms with Crippen molar-refractivity contribution in [3.05, 3.63) is 179 Å². The van der Waals surface area contributed by atoms with E-state index in [-0.39, 0.29) is 42.6 Å². The summed E-state index contributed by atoms with van der Waals surface area (Å²) in [6.45, 7) is 10.5. The van der Waals surface area contributed by atoms with Gasteiger partial charge in [-0.2, -0.15) is 0 Å². The number of ether oxygens (including phenoxy) is 4. The molecule has 0 unspecified atom stereocenters. The summed E-state index contributed by atoms with van der Waals surface area (Å²) in [5.41, 5.74) is 8.01. The lowest BCUT2D eigenvalue weighted by molar-refractivity contribution is -0.174. The summed E-state index contributed by atoms with van der Waals surface area (Å²) < 4.78 is 22.5. The molecule has 3 aliphatic rings. The number of hydrogen-bond donors (Lipinski definition) is 0. The number of aromatic nitrogens is 2. The second-order valence-electron chi connectivity index (χ2n) is 20.5. The van der Waals surface area contributed by atoms with Gasteiger partial charge >= 0.3 is 30.1 Å². The highest BCUT2D eigenvalue weighted by molar-refractivity contribution is 6.21. The minimum absolute atomic E-state index is 0.00226. The quantitative estimate of drug-likeness (QED) is 0.0602. The summed E-state index contributed by atoms with van der Waals surface area (Å²) in [5, 5.41) is 0.354. The predicted octanol–water partition coefficient (Wildman–Crippen LogP) is 9.33. The van der Waals surface area contributed by atoms with Gasteiger partial charge in [-0.3, -0.25) is 19.4 Å². The number of likely N-dealkylation sites (N-methyl/N-ethyl adjacent to an activating group) is 2. The molecule has 2 heterocycles. The SMILES string of the molecule is CN(C(=O)OCC1c2ccccc2-c2ccccc21)[C@@H](CC(=O)ON1C(=O)c2ccccc2C1=O)C(=O)OC(C)(C)C.CN(C(=O)OCC1c2ccccc2-c2ccccc21)[C@@H](Cc1cncnc1)C(=O)OC(C)(C)C. The number of rotatable bonds is 13. The first kappa shape index (κ1) is 53.6. The summed E-state index contributed by atoms with van der Waals surface area (Å²) in [5.74, 6) is -4.35. The van der Waals surface area contributed by atoms with Crippen LogP contribution in [0.4, 0.5) is 9.59 Å². The third-order valence-electron chi connectivity index (χ3n) is 12.9. The Morgan fingerprint density at radius 2 is 0.868 bits per heavy atom. The first-order valence-corrected chi connectivity index (χ1v) is 24.7. The maximum atomic E-state index is 13.2. The summed E-state index contributed by atoms with van der Waals surface area (Å²) in [6, 6.07) is 35.8. The molecule has 0 saturated carbocycles. The zero-order valence-corrected chi connectivity index (χ0v) is 43.6. The zero-order valence-electron chi connectivity index (χ0n) is 43.6. The highest BCUT2D eigenvalue weighted by Gasteiger charge is 2.42. The fraction of sp³-hybridized carbons (Fsp3) is 0.305. The Morgan fingerprint density at radius 3 is 1.25 bits per heavy atom. The topological polar surface area (TPSA) is 201 Å². The Kier molecular flexibility index (Phi) is 15.8. The van der Waals surface area contributed by atoms with Crippen molar-refractivity contribution < 1.29 is 57.3 Å². The van der Waals surface area contributed by atoms with Crippen molar-refractivity contribution in [3.63, 3.8) is 0 Å². The molecule has 0 spiro atoms. The summed E-state index contributed by atoms with van der Waals surface area (Å²) in [7, 11) is 2.86. The maximum absolute atomic E-state index is 13.2. The van der Waals surface area contributed by atoms with Gasteiger partial charge in [0.1, 0.15) is 42.8 Å². The number of carbonyl (C=O) groups is 7. The number of nitrogens with zero attached hydrogens (tertiary/aromatic N) is 5. The van der Waals surface area contributed by atoms with Crippen molar-refractivity contribution in [1.82, 2.24) is 24.8 Å². The fourth-order valence-electron chi connectivity index (χ4n) is 9.35. The van der Waals surface area contributed by atoms with Crippen LogP contribution in [0.5, 0.6) is 0 Å². The lowest BCUT2D eigenvalue weighted by Gasteiger charge is -2.29. The lowest BCUT2D eigenvalue weighted by atomic mass is 9.98. The molecule has 9 rings (SSSR count). The number of hydrogen-bond acceptors (Lipinski definition) is 14. The molecule has 17 nitrogen and oxygen atoms in total. The molecule has 4 amide bonds. The molecule has 0 fully saturated rings. The minimum atomic E-state index is -1.46. The van der Waals surface area contributed by atoms with Gasteiger partial charge in [-0.25, -0.2) is 33.9 Å². The second-order valence-corrected chi connectivity index (χ2v) is 20.5. The van der Waals surface area contributed by atoms with Crippen molar-refractivity contribution in [2.75, 3.05) is 27.3 Å². The number of hydroxylamine groups is 2. The Morgan fingerprint density at radius 1 is 0.526 bits per heavy atom. The van der Waals surface area contributed by atoms with Gasteiger partial charge in [0.25, 0.3) is 11.8 Å². The van der Waals surface area contributed by atoms with Gasteiger partial charge in [0.2, 0.25) is 0 Å². The molecule has 6 aromatic rings. The summed E-state index contributed by atoms with van der Waals surface area (Å²) in [4.78, 5) is 106. The Bertz CT molecular complexity index is 3060. The zero-order chi connectivity index (χ0) is 54.5. The van der Waals surface area contributed by atoms with Crippen LogP contribution in [0.3, 0.4) is 0 Å². The van der Waals surface area contributed by atoms with E-state index in [0.717, 1.165) is 55.0 Å². The molecule has 0 bridgehead atoms. The molecule has 2 atom stereocenters. The van der Waals surface area contributed by atoms with Crippen LogP contribution >= 0.6 is 0 Å². The van der Waals surface area contributed by atoms with Gasteiger partial charge in [-0.1, -0.05) is 114 Å². The van der Waals surface area contributed by atoms with E-state index < -0.39 is 71.6 Å². The highest BCUT2D eigenvalue weighted by Crippen LogP contribution is 2.46. The van der Waals surface area contributed by atoms with Crippen LogP contribution < -0.4 is 0 Å². The van der Waals surface area contributed by atoms with Crippen molar-refractivity contribution in [1.29, 1.82) is 0 Å². The molecular formula is C59H59N5O12. The van der Waals surface area contributed by atoms with E-state index in [2.05, 4.69) is 34.2 Å². The van der Waals surface area contributed by atoms with Gasteiger partial charge in [-0.05, 0) is 104 Å². The van der Waals surface area contributed by atoms with Crippen molar-refractivity contribution in [3.8, 4) is 22.3 Å². The van der Waals surface area contributed by atoms with E-state index in [9.17, 15) is 33.6 Å². The molecule has 0 N–H and O–H groups in total. The van der Waals surface area contributed by atoms with Gasteiger partial charge in [-0.15, -0.1) is 0 Å². The normalized spacial score (nSPS) is 14.1. The van der Waals surface area contributed by atoms with Crippen LogP contribution in [0.15, 0.2) is 140 Å². The van der Waals surface area contributed by atoms with E-state index in [1.165, 1.54) is 30.4 Å². The van der Waals surface area contributed by atoms with Crippen LogP contribution in [-0.4, -0.2) is 117 Å². The first-order chi connectivity index (χ1) is 36.2. The smallest absolute Gasteiger partial charge is 0.410 e. The number of imide groups is 1. The Balaban J connectivity index is 0.000000206. The van der Waals surface area contributed by atoms with E-state index in [4.69, 9.17) is 23.8 Å². The number of benzene rings is 5. The predicted molar refractivity (Wildman–Crippen MR) is 278 cm³/mol. The van der Waals surface area contributed by atoms with Crippen LogP contribution in [-0.2, 0) is 44.6 Å². The molecule has 1 aromatic heterocycles. The van der Waals surface area contributed by atoms with Crippen LogP contribution in [0.1, 0.15) is 108 Å². The number of carbonyl (C=O) groups excluding carboxylic acids is 7. The molecule has 0 saturated heterocycles. The van der Waals surface area contributed by atoms with E-state index in [1.54, 1.807) is 73.1 Å². The first-order valence-electron chi connectivity index (χ1n) is 24.7. The van der Waals surface area contributed by atoms with Crippen molar-refractivity contribution in [2.45, 2.75) is 89.5 Å². The van der Waals surface area contributed by atoms with E-state index >= 15 is 0 Å². The molecule has 0 radical (unpaired) electrons. The monoisotopic (exact) mass is 1030 g/mol. The minimum Gasteiger partial charge on any atom is -0.458 e.